The van der Waals surface area contributed by atoms with Gasteiger partial charge in [0.05, 0.1) is 0 Å². The second kappa shape index (κ2) is 7.81. The zero-order valence-electron chi connectivity index (χ0n) is 15.3. The lowest BCUT2D eigenvalue weighted by Crippen LogP contribution is -2.40. The van der Waals surface area contributed by atoms with Crippen LogP contribution in [-0.2, 0) is 4.79 Å². The Morgan fingerprint density at radius 2 is 1.69 bits per heavy atom. The zero-order chi connectivity index (χ0) is 19.4. The molecule has 0 bridgehead atoms. The number of hydrogen-bond donors (Lipinski definition) is 4. The molecule has 0 saturated heterocycles. The summed E-state index contributed by atoms with van der Waals surface area (Å²) in [6.07, 6.45) is 1.32. The molecule has 0 fully saturated rings. The molecule has 1 unspecified atom stereocenters. The first-order valence-corrected chi connectivity index (χ1v) is 8.25. The summed E-state index contributed by atoms with van der Waals surface area (Å²) in [5.74, 6) is -0.778. The van der Waals surface area contributed by atoms with E-state index in [1.807, 2.05) is 45.9 Å². The van der Waals surface area contributed by atoms with Gasteiger partial charge in [0.2, 0.25) is 11.9 Å². The molecule has 1 aromatic carbocycles. The number of hydrogen-bond acceptors (Lipinski definition) is 6. The molecule has 0 radical (unpaired) electrons. The second-order valence-electron chi connectivity index (χ2n) is 6.59. The molecular weight excluding hydrogens is 332 g/mol. The maximum Gasteiger partial charge on any atom is 0.254 e. The Kier molecular flexibility index (Phi) is 5.76. The van der Waals surface area contributed by atoms with Crippen molar-refractivity contribution in [2.45, 2.75) is 33.7 Å². The Morgan fingerprint density at radius 1 is 1.08 bits per heavy atom. The van der Waals surface area contributed by atoms with E-state index in [1.165, 1.54) is 6.20 Å². The summed E-state index contributed by atoms with van der Waals surface area (Å²) in [6.45, 7) is 7.66. The van der Waals surface area contributed by atoms with Gasteiger partial charge in [-0.3, -0.25) is 9.59 Å². The molecule has 1 heterocycles. The number of primary amides is 2. The van der Waals surface area contributed by atoms with Crippen LogP contribution >= 0.6 is 0 Å². The smallest absolute Gasteiger partial charge is 0.254 e. The van der Waals surface area contributed by atoms with Crippen molar-refractivity contribution in [1.82, 2.24) is 9.97 Å². The lowest BCUT2D eigenvalue weighted by molar-refractivity contribution is -0.119. The molecule has 0 aliphatic carbocycles. The molecule has 138 valence electrons. The van der Waals surface area contributed by atoms with Gasteiger partial charge in [-0.05, 0) is 43.0 Å². The Bertz CT molecular complexity index is 814. The Morgan fingerprint density at radius 3 is 2.19 bits per heavy atom. The number of anilines is 3. The molecule has 26 heavy (non-hydrogen) atoms. The quantitative estimate of drug-likeness (QED) is 0.598. The van der Waals surface area contributed by atoms with Gasteiger partial charge in [-0.1, -0.05) is 19.9 Å². The van der Waals surface area contributed by atoms with Gasteiger partial charge in [-0.25, -0.2) is 4.98 Å². The van der Waals surface area contributed by atoms with Crippen LogP contribution in [0.2, 0.25) is 0 Å². The van der Waals surface area contributed by atoms with Crippen LogP contribution in [0.15, 0.2) is 24.4 Å². The van der Waals surface area contributed by atoms with E-state index >= 15 is 0 Å². The van der Waals surface area contributed by atoms with E-state index in [4.69, 9.17) is 11.5 Å². The number of benzene rings is 1. The fraction of sp³-hybridized carbons (Fsp3) is 0.333. The lowest BCUT2D eigenvalue weighted by atomic mass is 10.0. The van der Waals surface area contributed by atoms with E-state index in [0.717, 1.165) is 16.8 Å². The first-order valence-electron chi connectivity index (χ1n) is 8.25. The summed E-state index contributed by atoms with van der Waals surface area (Å²) < 4.78 is 0. The molecule has 1 atom stereocenters. The van der Waals surface area contributed by atoms with Crippen LogP contribution in [0.4, 0.5) is 17.5 Å². The van der Waals surface area contributed by atoms with Crippen molar-refractivity contribution < 1.29 is 9.59 Å². The Hall–Kier alpha value is -3.16. The molecule has 0 aliphatic heterocycles. The maximum atomic E-state index is 11.7. The molecule has 8 heteroatoms. The zero-order valence-corrected chi connectivity index (χ0v) is 15.3. The number of aromatic nitrogens is 2. The summed E-state index contributed by atoms with van der Waals surface area (Å²) in [5.41, 5.74) is 13.9. The number of carbonyl (C=O) groups is 2. The minimum atomic E-state index is -0.654. The van der Waals surface area contributed by atoms with Crippen LogP contribution in [0, 0.1) is 19.8 Å². The van der Waals surface area contributed by atoms with Gasteiger partial charge in [-0.15, -0.1) is 0 Å². The SMILES string of the molecule is Cc1cc(C)cc(Nc2nc(NC(C(N)=O)C(C)C)ncc2C(N)=O)c1. The van der Waals surface area contributed by atoms with Crippen LogP contribution in [0.1, 0.15) is 35.3 Å². The monoisotopic (exact) mass is 356 g/mol. The van der Waals surface area contributed by atoms with Crippen LogP contribution < -0.4 is 22.1 Å². The summed E-state index contributed by atoms with van der Waals surface area (Å²) in [6, 6.07) is 5.25. The van der Waals surface area contributed by atoms with Crippen molar-refractivity contribution >= 4 is 29.3 Å². The summed E-state index contributed by atoms with van der Waals surface area (Å²) in [5, 5.41) is 6.00. The van der Waals surface area contributed by atoms with Crippen molar-refractivity contribution in [3.8, 4) is 0 Å². The number of carbonyl (C=O) groups excluding carboxylic acids is 2. The Balaban J connectivity index is 2.39. The van der Waals surface area contributed by atoms with E-state index in [2.05, 4.69) is 20.6 Å². The normalized spacial score (nSPS) is 11.9. The van der Waals surface area contributed by atoms with Gasteiger partial charge in [0, 0.05) is 11.9 Å². The van der Waals surface area contributed by atoms with Crippen LogP contribution in [0.5, 0.6) is 0 Å². The largest absolute Gasteiger partial charge is 0.368 e. The van der Waals surface area contributed by atoms with E-state index in [0.29, 0.717) is 0 Å². The number of rotatable bonds is 7. The number of amides is 2. The molecule has 0 aliphatic rings. The standard InChI is InChI=1S/C18H24N6O2/c1-9(2)14(16(20)26)23-18-21-8-13(15(19)25)17(24-18)22-12-6-10(3)5-11(4)7-12/h5-9,14H,1-4H3,(H2,19,25)(H2,20,26)(H2,21,22,23,24). The fourth-order valence-corrected chi connectivity index (χ4v) is 2.62. The van der Waals surface area contributed by atoms with Crippen LogP contribution in [-0.4, -0.2) is 27.8 Å². The highest BCUT2D eigenvalue weighted by molar-refractivity contribution is 5.98. The van der Waals surface area contributed by atoms with Gasteiger partial charge in [0.1, 0.15) is 17.4 Å². The van der Waals surface area contributed by atoms with Crippen molar-refractivity contribution in [2.24, 2.45) is 17.4 Å². The molecule has 1 aromatic heterocycles. The highest BCUT2D eigenvalue weighted by atomic mass is 16.1. The van der Waals surface area contributed by atoms with E-state index in [1.54, 1.807) is 0 Å². The highest BCUT2D eigenvalue weighted by Gasteiger charge is 2.21. The number of nitrogens with two attached hydrogens (primary N) is 2. The van der Waals surface area contributed by atoms with Gasteiger partial charge in [-0.2, -0.15) is 4.98 Å². The first-order chi connectivity index (χ1) is 12.2. The minimum absolute atomic E-state index is 0.0530. The maximum absolute atomic E-state index is 11.7. The molecule has 0 spiro atoms. The number of aryl methyl sites for hydroxylation is 2. The predicted molar refractivity (Wildman–Crippen MR) is 101 cm³/mol. The number of nitrogens with one attached hydrogen (secondary N) is 2. The first kappa shape index (κ1) is 19.2. The molecule has 2 amide bonds. The van der Waals surface area contributed by atoms with Gasteiger partial charge < -0.3 is 22.1 Å². The van der Waals surface area contributed by atoms with Gasteiger partial charge in [0.25, 0.3) is 5.91 Å². The van der Waals surface area contributed by atoms with E-state index in [9.17, 15) is 9.59 Å². The summed E-state index contributed by atoms with van der Waals surface area (Å²) in [7, 11) is 0. The molecular formula is C18H24N6O2. The molecule has 2 rings (SSSR count). The third kappa shape index (κ3) is 4.69. The van der Waals surface area contributed by atoms with Crippen LogP contribution in [0.25, 0.3) is 0 Å². The second-order valence-corrected chi connectivity index (χ2v) is 6.59. The van der Waals surface area contributed by atoms with Crippen molar-refractivity contribution in [2.75, 3.05) is 10.6 Å². The van der Waals surface area contributed by atoms with Crippen molar-refractivity contribution in [1.29, 1.82) is 0 Å². The average molecular weight is 356 g/mol. The number of nitrogens with zero attached hydrogens (tertiary/aromatic N) is 2. The van der Waals surface area contributed by atoms with E-state index < -0.39 is 17.9 Å². The van der Waals surface area contributed by atoms with Crippen molar-refractivity contribution in [3.05, 3.63) is 41.1 Å². The van der Waals surface area contributed by atoms with Crippen molar-refractivity contribution in [3.63, 3.8) is 0 Å². The third-order valence-corrected chi connectivity index (χ3v) is 3.80. The van der Waals surface area contributed by atoms with Crippen LogP contribution in [0.3, 0.4) is 0 Å². The molecule has 8 nitrogen and oxygen atoms in total. The van der Waals surface area contributed by atoms with E-state index in [-0.39, 0.29) is 23.2 Å². The molecule has 6 N–H and O–H groups in total. The van der Waals surface area contributed by atoms with Gasteiger partial charge >= 0.3 is 0 Å². The molecule has 2 aromatic rings. The Labute approximate surface area is 152 Å². The molecule has 0 saturated carbocycles. The average Bonchev–Trinajstić information content (AvgIpc) is 2.50. The summed E-state index contributed by atoms with van der Waals surface area (Å²) >= 11 is 0. The topological polar surface area (TPSA) is 136 Å². The third-order valence-electron chi connectivity index (χ3n) is 3.80. The predicted octanol–water partition coefficient (Wildman–Crippen LogP) is 1.86. The summed E-state index contributed by atoms with van der Waals surface area (Å²) in [4.78, 5) is 31.7. The minimum Gasteiger partial charge on any atom is -0.368 e. The van der Waals surface area contributed by atoms with Gasteiger partial charge in [0.15, 0.2) is 0 Å². The highest BCUT2D eigenvalue weighted by Crippen LogP contribution is 2.22. The fourth-order valence-electron chi connectivity index (χ4n) is 2.62. The lowest BCUT2D eigenvalue weighted by Gasteiger charge is -2.19.